The van der Waals surface area contributed by atoms with Crippen molar-refractivity contribution in [2.45, 2.75) is 24.5 Å². The summed E-state index contributed by atoms with van der Waals surface area (Å²) in [6.07, 6.45) is 1.78. The van der Waals surface area contributed by atoms with Crippen molar-refractivity contribution in [2.24, 2.45) is 13.0 Å². The minimum Gasteiger partial charge on any atom is -0.313 e. The maximum absolute atomic E-state index is 11.6. The molecule has 19 heavy (non-hydrogen) atoms. The Hall–Kier alpha value is -0.600. The van der Waals surface area contributed by atoms with Crippen molar-refractivity contribution in [3.05, 3.63) is 5.82 Å². The van der Waals surface area contributed by atoms with Gasteiger partial charge in [-0.25, -0.2) is 8.42 Å². The average molecular weight is 304 g/mol. The molecule has 0 spiro atoms. The lowest BCUT2D eigenvalue weighted by Gasteiger charge is -2.21. The number of sulfone groups is 1. The molecule has 0 amide bonds. The number of hydrogen-bond donors (Lipinski definition) is 1. The fraction of sp³-hybridized carbons (Fsp3) is 0.818. The van der Waals surface area contributed by atoms with Gasteiger partial charge in [0.05, 0.1) is 18.1 Å². The van der Waals surface area contributed by atoms with E-state index in [0.29, 0.717) is 18.1 Å². The number of hydrogen-bond acceptors (Lipinski definition) is 6. The largest absolute Gasteiger partial charge is 0.313 e. The van der Waals surface area contributed by atoms with Crippen LogP contribution in [0.25, 0.3) is 0 Å². The molecular weight excluding hydrogens is 284 g/mol. The van der Waals surface area contributed by atoms with Crippen LogP contribution in [0.5, 0.6) is 0 Å². The molecule has 2 heterocycles. The molecule has 1 aliphatic rings. The molecule has 108 valence electrons. The fourth-order valence-electron chi connectivity index (χ4n) is 2.22. The predicted molar refractivity (Wildman–Crippen MR) is 75.9 cm³/mol. The highest BCUT2D eigenvalue weighted by molar-refractivity contribution is 7.99. The molecule has 1 aromatic rings. The quantitative estimate of drug-likeness (QED) is 0.796. The zero-order valence-electron chi connectivity index (χ0n) is 11.3. The molecule has 1 N–H and O–H groups in total. The minimum atomic E-state index is -2.82. The Morgan fingerprint density at radius 3 is 2.95 bits per heavy atom. The summed E-state index contributed by atoms with van der Waals surface area (Å²) in [4.78, 5) is 0. The molecule has 0 aliphatic carbocycles. The highest BCUT2D eigenvalue weighted by atomic mass is 32.2. The molecule has 0 radical (unpaired) electrons. The summed E-state index contributed by atoms with van der Waals surface area (Å²) in [5, 5.41) is 12.1. The summed E-state index contributed by atoms with van der Waals surface area (Å²) in [6.45, 7) is 0.682. The lowest BCUT2D eigenvalue weighted by Crippen LogP contribution is -2.26. The minimum absolute atomic E-state index is 0.244. The molecule has 2 rings (SSSR count). The van der Waals surface area contributed by atoms with Gasteiger partial charge >= 0.3 is 0 Å². The third-order valence-electron chi connectivity index (χ3n) is 3.27. The highest BCUT2D eigenvalue weighted by Gasteiger charge is 2.25. The fourth-order valence-corrected chi connectivity index (χ4v) is 5.22. The normalized spacial score (nSPS) is 22.5. The Morgan fingerprint density at radius 2 is 2.26 bits per heavy atom. The molecule has 0 aromatic carbocycles. The van der Waals surface area contributed by atoms with E-state index in [0.717, 1.165) is 29.6 Å². The van der Waals surface area contributed by atoms with Crippen LogP contribution in [-0.4, -0.2) is 47.5 Å². The number of thioether (sulfide) groups is 1. The molecule has 1 aromatic heterocycles. The van der Waals surface area contributed by atoms with Gasteiger partial charge in [-0.15, -0.1) is 10.2 Å². The average Bonchev–Trinajstić information content (AvgIpc) is 2.68. The van der Waals surface area contributed by atoms with E-state index in [1.165, 1.54) is 0 Å². The zero-order chi connectivity index (χ0) is 13.9. The molecule has 0 bridgehead atoms. The number of nitrogens with zero attached hydrogens (tertiary/aromatic N) is 3. The maximum Gasteiger partial charge on any atom is 0.190 e. The van der Waals surface area contributed by atoms with Gasteiger partial charge in [0.25, 0.3) is 0 Å². The van der Waals surface area contributed by atoms with Crippen LogP contribution in [0.15, 0.2) is 5.16 Å². The second-order valence-electron chi connectivity index (χ2n) is 4.92. The third kappa shape index (κ3) is 3.93. The number of rotatable bonds is 5. The highest BCUT2D eigenvalue weighted by Crippen LogP contribution is 2.25. The molecule has 8 heteroatoms. The molecule has 1 saturated heterocycles. The smallest absolute Gasteiger partial charge is 0.190 e. The Labute approximate surface area is 118 Å². The molecule has 6 nitrogen and oxygen atoms in total. The van der Waals surface area contributed by atoms with Gasteiger partial charge in [0.1, 0.15) is 5.82 Å². The molecule has 1 fully saturated rings. The number of aromatic nitrogens is 3. The van der Waals surface area contributed by atoms with E-state index in [2.05, 4.69) is 15.5 Å². The summed E-state index contributed by atoms with van der Waals surface area (Å²) < 4.78 is 25.1. The van der Waals surface area contributed by atoms with Gasteiger partial charge in [-0.3, -0.25) is 0 Å². The van der Waals surface area contributed by atoms with E-state index < -0.39 is 9.84 Å². The van der Waals surface area contributed by atoms with Crippen LogP contribution in [0.3, 0.4) is 0 Å². The van der Waals surface area contributed by atoms with Gasteiger partial charge in [0.15, 0.2) is 15.0 Å². The Morgan fingerprint density at radius 1 is 1.47 bits per heavy atom. The van der Waals surface area contributed by atoms with E-state index in [9.17, 15) is 8.42 Å². The zero-order valence-corrected chi connectivity index (χ0v) is 12.9. The lowest BCUT2D eigenvalue weighted by atomic mass is 10.1. The Kier molecular flexibility index (Phi) is 4.86. The maximum atomic E-state index is 11.6. The second kappa shape index (κ2) is 6.23. The van der Waals surface area contributed by atoms with Crippen molar-refractivity contribution in [1.82, 2.24) is 20.1 Å². The summed E-state index contributed by atoms with van der Waals surface area (Å²) in [6, 6.07) is 0. The van der Waals surface area contributed by atoms with E-state index in [1.54, 1.807) is 11.8 Å². The van der Waals surface area contributed by atoms with Crippen molar-refractivity contribution < 1.29 is 8.42 Å². The summed E-state index contributed by atoms with van der Waals surface area (Å²) in [7, 11) is 0.991. The van der Waals surface area contributed by atoms with Crippen LogP contribution in [0, 0.1) is 5.92 Å². The van der Waals surface area contributed by atoms with Gasteiger partial charge in [-0.05, 0) is 25.8 Å². The summed E-state index contributed by atoms with van der Waals surface area (Å²) in [5.74, 6) is 2.60. The van der Waals surface area contributed by atoms with Crippen molar-refractivity contribution in [3.63, 3.8) is 0 Å². The molecular formula is C11H20N4O2S2. The second-order valence-corrected chi connectivity index (χ2v) is 8.14. The summed E-state index contributed by atoms with van der Waals surface area (Å²) in [5.41, 5.74) is 0. The SMILES string of the molecule is CNCc1nnc(SCC2CCCS(=O)(=O)C2)n1C. The van der Waals surface area contributed by atoms with Gasteiger partial charge in [0, 0.05) is 12.8 Å². The van der Waals surface area contributed by atoms with Crippen LogP contribution < -0.4 is 5.32 Å². The van der Waals surface area contributed by atoms with Crippen LogP contribution in [0.2, 0.25) is 0 Å². The molecule has 1 unspecified atom stereocenters. The van der Waals surface area contributed by atoms with Crippen molar-refractivity contribution >= 4 is 21.6 Å². The van der Waals surface area contributed by atoms with Gasteiger partial charge in [-0.2, -0.15) is 0 Å². The van der Waals surface area contributed by atoms with Crippen LogP contribution in [-0.2, 0) is 23.4 Å². The molecule has 0 saturated carbocycles. The number of nitrogens with one attached hydrogen (secondary N) is 1. The van der Waals surface area contributed by atoms with Gasteiger partial charge < -0.3 is 9.88 Å². The Bertz CT molecular complexity index is 527. The monoisotopic (exact) mass is 304 g/mol. The van der Waals surface area contributed by atoms with Crippen molar-refractivity contribution in [3.8, 4) is 0 Å². The first kappa shape index (κ1) is 14.8. The lowest BCUT2D eigenvalue weighted by molar-refractivity contribution is 0.520. The molecule has 1 aliphatic heterocycles. The van der Waals surface area contributed by atoms with Crippen molar-refractivity contribution in [2.75, 3.05) is 24.3 Å². The summed E-state index contributed by atoms with van der Waals surface area (Å²) >= 11 is 1.60. The topological polar surface area (TPSA) is 76.9 Å². The first-order valence-electron chi connectivity index (χ1n) is 6.38. The molecule has 1 atom stereocenters. The van der Waals surface area contributed by atoms with E-state index >= 15 is 0 Å². The van der Waals surface area contributed by atoms with Gasteiger partial charge in [-0.1, -0.05) is 11.8 Å². The van der Waals surface area contributed by atoms with Gasteiger partial charge in [0.2, 0.25) is 0 Å². The van der Waals surface area contributed by atoms with Crippen molar-refractivity contribution in [1.29, 1.82) is 0 Å². The first-order valence-corrected chi connectivity index (χ1v) is 9.18. The standard InChI is InChI=1S/C11H20N4O2S2/c1-12-6-10-13-14-11(15(10)2)18-7-9-4-3-5-19(16,17)8-9/h9,12H,3-8H2,1-2H3. The first-order chi connectivity index (χ1) is 9.02. The van der Waals surface area contributed by atoms with E-state index in [-0.39, 0.29) is 5.92 Å². The third-order valence-corrected chi connectivity index (χ3v) is 6.41. The van der Waals surface area contributed by atoms with Crippen LogP contribution >= 0.6 is 11.8 Å². The predicted octanol–water partition coefficient (Wildman–Crippen LogP) is 0.451. The Balaban J connectivity index is 1.92. The van der Waals surface area contributed by atoms with Crippen LogP contribution in [0.1, 0.15) is 18.7 Å². The van der Waals surface area contributed by atoms with E-state index in [1.807, 2.05) is 18.7 Å². The van der Waals surface area contributed by atoms with Crippen LogP contribution in [0.4, 0.5) is 0 Å². The van der Waals surface area contributed by atoms with E-state index in [4.69, 9.17) is 0 Å².